The van der Waals surface area contributed by atoms with Crippen molar-refractivity contribution in [1.29, 1.82) is 0 Å². The van der Waals surface area contributed by atoms with Crippen molar-refractivity contribution in [3.05, 3.63) is 60.6 Å². The zero-order valence-electron chi connectivity index (χ0n) is 16.4. The highest BCUT2D eigenvalue weighted by molar-refractivity contribution is 7.90. The summed E-state index contributed by atoms with van der Waals surface area (Å²) < 4.78 is 28.0. The van der Waals surface area contributed by atoms with Crippen molar-refractivity contribution >= 4 is 38.3 Å². The maximum Gasteiger partial charge on any atom is 0.238 e. The van der Waals surface area contributed by atoms with Gasteiger partial charge in [0.1, 0.15) is 5.65 Å². The Balaban J connectivity index is 1.66. The first-order valence-electron chi connectivity index (χ1n) is 9.43. The lowest BCUT2D eigenvalue weighted by Gasteiger charge is -2.10. The van der Waals surface area contributed by atoms with Crippen LogP contribution < -0.4 is 5.32 Å². The molecule has 9 nitrogen and oxygen atoms in total. The molecule has 0 atom stereocenters. The fourth-order valence-corrected chi connectivity index (χ4v) is 4.35. The summed E-state index contributed by atoms with van der Waals surface area (Å²) >= 11 is 0. The fourth-order valence-electron chi connectivity index (χ4n) is 3.37. The van der Waals surface area contributed by atoms with E-state index in [9.17, 15) is 8.42 Å². The van der Waals surface area contributed by atoms with E-state index in [-0.39, 0.29) is 5.75 Å². The molecule has 4 heterocycles. The Labute approximate surface area is 172 Å². The quantitative estimate of drug-likeness (QED) is 0.450. The van der Waals surface area contributed by atoms with Crippen LogP contribution in [0.25, 0.3) is 27.9 Å². The summed E-state index contributed by atoms with van der Waals surface area (Å²) in [6, 6.07) is 13.0. The zero-order valence-corrected chi connectivity index (χ0v) is 17.2. The molecule has 0 saturated heterocycles. The van der Waals surface area contributed by atoms with E-state index in [1.807, 2.05) is 47.9 Å². The van der Waals surface area contributed by atoms with Gasteiger partial charge in [-0.05, 0) is 38.1 Å². The highest BCUT2D eigenvalue weighted by Gasteiger charge is 2.16. The number of nitrogens with one attached hydrogen (secondary N) is 2. The average molecular weight is 421 g/mol. The Bertz CT molecular complexity index is 1490. The van der Waals surface area contributed by atoms with Crippen LogP contribution in [0.15, 0.2) is 54.9 Å². The third-order valence-corrected chi connectivity index (χ3v) is 6.56. The first-order chi connectivity index (χ1) is 14.4. The molecule has 10 heteroatoms. The van der Waals surface area contributed by atoms with Gasteiger partial charge in [-0.1, -0.05) is 12.1 Å². The van der Waals surface area contributed by atoms with Gasteiger partial charge in [-0.3, -0.25) is 9.50 Å². The van der Waals surface area contributed by atoms with Crippen LogP contribution in [-0.2, 0) is 10.0 Å². The number of fused-ring (bicyclic) bond motifs is 2. The molecule has 1 aromatic carbocycles. The lowest BCUT2D eigenvalue weighted by atomic mass is 10.1. The predicted molar refractivity (Wildman–Crippen MR) is 115 cm³/mol. The van der Waals surface area contributed by atoms with Gasteiger partial charge >= 0.3 is 0 Å². The lowest BCUT2D eigenvalue weighted by molar-refractivity contribution is 0.590. The van der Waals surface area contributed by atoms with E-state index in [1.165, 1.54) is 3.97 Å². The largest absolute Gasteiger partial charge is 0.308 e. The Hall–Kier alpha value is -3.66. The molecule has 152 valence electrons. The molecule has 4 aromatic heterocycles. The van der Waals surface area contributed by atoms with Gasteiger partial charge in [0.2, 0.25) is 16.0 Å². The van der Waals surface area contributed by atoms with Gasteiger partial charge in [0.15, 0.2) is 11.6 Å². The van der Waals surface area contributed by atoms with Crippen molar-refractivity contribution in [2.75, 3.05) is 11.1 Å². The molecule has 0 bridgehead atoms. The van der Waals surface area contributed by atoms with Crippen molar-refractivity contribution < 1.29 is 8.42 Å². The molecular weight excluding hydrogens is 402 g/mol. The molecule has 0 spiro atoms. The zero-order chi connectivity index (χ0) is 20.9. The second-order valence-corrected chi connectivity index (χ2v) is 9.09. The van der Waals surface area contributed by atoms with Crippen LogP contribution in [-0.4, -0.2) is 42.7 Å². The van der Waals surface area contributed by atoms with E-state index < -0.39 is 10.0 Å². The number of anilines is 2. The lowest BCUT2D eigenvalue weighted by Crippen LogP contribution is -2.13. The number of hydrogen-bond acceptors (Lipinski definition) is 6. The summed E-state index contributed by atoms with van der Waals surface area (Å²) in [6.07, 6.45) is 3.44. The summed E-state index contributed by atoms with van der Waals surface area (Å²) in [5.41, 5.74) is 2.97. The van der Waals surface area contributed by atoms with Crippen molar-refractivity contribution in [2.24, 2.45) is 0 Å². The van der Waals surface area contributed by atoms with Crippen LogP contribution in [0.4, 0.5) is 11.8 Å². The minimum atomic E-state index is -3.41. The van der Waals surface area contributed by atoms with Crippen LogP contribution >= 0.6 is 0 Å². The molecule has 0 aliphatic carbocycles. The Morgan fingerprint density at radius 3 is 2.73 bits per heavy atom. The van der Waals surface area contributed by atoms with Crippen LogP contribution in [0.3, 0.4) is 0 Å². The van der Waals surface area contributed by atoms with E-state index in [4.69, 9.17) is 0 Å². The molecule has 0 saturated carbocycles. The predicted octanol–water partition coefficient (Wildman–Crippen LogP) is 3.32. The molecule has 0 radical (unpaired) electrons. The number of benzene rings is 1. The molecule has 5 aromatic rings. The highest BCUT2D eigenvalue weighted by atomic mass is 32.2. The van der Waals surface area contributed by atoms with E-state index >= 15 is 0 Å². The van der Waals surface area contributed by atoms with E-state index in [0.717, 1.165) is 16.6 Å². The topological polar surface area (TPSA) is 110 Å². The first-order valence-corrected chi connectivity index (χ1v) is 11.0. The molecule has 0 unspecified atom stereocenters. The van der Waals surface area contributed by atoms with Crippen molar-refractivity contribution in [3.8, 4) is 11.4 Å². The Morgan fingerprint density at radius 1 is 1.10 bits per heavy atom. The standard InChI is InChI=1S/C20H19N7O2S/c1-3-30(28,29)27-10-8-14-6-7-15(12-16(14)27)19-22-18-5-4-9-26(18)20(23-19)21-17-11-13(2)24-25-17/h4-12H,3H2,1-2H3,(H2,21,22,23,24,25). The smallest absolute Gasteiger partial charge is 0.238 e. The van der Waals surface area contributed by atoms with E-state index in [1.54, 1.807) is 25.3 Å². The molecule has 0 aliphatic heterocycles. The van der Waals surface area contributed by atoms with Crippen LogP contribution in [0.2, 0.25) is 0 Å². The second kappa shape index (κ2) is 6.70. The number of aryl methyl sites for hydroxylation is 1. The van der Waals surface area contributed by atoms with Crippen LogP contribution in [0, 0.1) is 6.92 Å². The number of rotatable bonds is 5. The van der Waals surface area contributed by atoms with Gasteiger partial charge in [0, 0.05) is 35.1 Å². The SMILES string of the molecule is CCS(=O)(=O)n1ccc2ccc(-c3nc(Nc4cc(C)[nH]n4)n4cccc4n3)cc21. The maximum absolute atomic E-state index is 12.4. The summed E-state index contributed by atoms with van der Waals surface area (Å²) in [5.74, 6) is 1.71. The Morgan fingerprint density at radius 2 is 1.97 bits per heavy atom. The molecule has 5 rings (SSSR count). The van der Waals surface area contributed by atoms with Crippen LogP contribution in [0.5, 0.6) is 0 Å². The average Bonchev–Trinajstić information content (AvgIpc) is 3.46. The summed E-state index contributed by atoms with van der Waals surface area (Å²) in [5, 5.41) is 11.1. The highest BCUT2D eigenvalue weighted by Crippen LogP contribution is 2.26. The van der Waals surface area contributed by atoms with E-state index in [0.29, 0.717) is 28.8 Å². The molecule has 0 amide bonds. The molecule has 30 heavy (non-hydrogen) atoms. The second-order valence-electron chi connectivity index (χ2n) is 6.95. The third kappa shape index (κ3) is 3.01. The summed E-state index contributed by atoms with van der Waals surface area (Å²) in [4.78, 5) is 9.32. The van der Waals surface area contributed by atoms with Crippen molar-refractivity contribution in [1.82, 2.24) is 28.5 Å². The molecule has 0 fully saturated rings. The number of aromatic amines is 1. The van der Waals surface area contributed by atoms with Crippen molar-refractivity contribution in [3.63, 3.8) is 0 Å². The minimum absolute atomic E-state index is 0.0186. The van der Waals surface area contributed by atoms with Gasteiger partial charge < -0.3 is 5.32 Å². The third-order valence-electron chi connectivity index (χ3n) is 4.91. The number of hydrogen-bond donors (Lipinski definition) is 2. The Kier molecular flexibility index (Phi) is 4.10. The summed E-state index contributed by atoms with van der Waals surface area (Å²) in [7, 11) is -3.41. The normalized spacial score (nSPS) is 12.1. The molecular formula is C20H19N7O2S. The minimum Gasteiger partial charge on any atom is -0.308 e. The van der Waals surface area contributed by atoms with Gasteiger partial charge in [0.25, 0.3) is 0 Å². The number of nitrogens with zero attached hydrogens (tertiary/aromatic N) is 5. The number of aromatic nitrogens is 6. The van der Waals surface area contributed by atoms with Gasteiger partial charge in [-0.15, -0.1) is 0 Å². The number of H-pyrrole nitrogens is 1. The maximum atomic E-state index is 12.4. The summed E-state index contributed by atoms with van der Waals surface area (Å²) in [6.45, 7) is 3.55. The monoisotopic (exact) mass is 421 g/mol. The molecule has 0 aliphatic rings. The van der Waals surface area contributed by atoms with Gasteiger partial charge in [0.05, 0.1) is 11.3 Å². The van der Waals surface area contributed by atoms with Gasteiger partial charge in [-0.25, -0.2) is 17.4 Å². The van der Waals surface area contributed by atoms with Crippen LogP contribution in [0.1, 0.15) is 12.6 Å². The fraction of sp³-hybridized carbons (Fsp3) is 0.150. The van der Waals surface area contributed by atoms with E-state index in [2.05, 4.69) is 25.5 Å². The molecule has 2 N–H and O–H groups in total. The first kappa shape index (κ1) is 18.4. The van der Waals surface area contributed by atoms with Gasteiger partial charge in [-0.2, -0.15) is 10.1 Å². The van der Waals surface area contributed by atoms with Crippen molar-refractivity contribution in [2.45, 2.75) is 13.8 Å².